The summed E-state index contributed by atoms with van der Waals surface area (Å²) in [7, 11) is 0. The molecule has 1 heterocycles. The Labute approximate surface area is 110 Å². The minimum absolute atomic E-state index is 0.222. The van der Waals surface area contributed by atoms with Gasteiger partial charge in [-0.15, -0.1) is 0 Å². The van der Waals surface area contributed by atoms with Crippen molar-refractivity contribution >= 4 is 5.91 Å². The molecule has 2 aliphatic rings. The lowest BCUT2D eigenvalue weighted by Crippen LogP contribution is -2.42. The molecule has 2 fully saturated rings. The van der Waals surface area contributed by atoms with Gasteiger partial charge < -0.3 is 10.6 Å². The number of piperidine rings is 1. The Balaban J connectivity index is 1.72. The third kappa shape index (κ3) is 4.94. The number of carbonyl (C=O) groups is 1. The van der Waals surface area contributed by atoms with Crippen LogP contribution >= 0.6 is 0 Å². The normalized spacial score (nSPS) is 21.2. The Kier molecular flexibility index (Phi) is 5.45. The highest BCUT2D eigenvalue weighted by Crippen LogP contribution is 2.18. The molecule has 0 unspecified atom stereocenters. The largest absolute Gasteiger partial charge is 0.352 e. The maximum atomic E-state index is 11.9. The summed E-state index contributed by atoms with van der Waals surface area (Å²) in [6.45, 7) is 7.19. The Bertz CT molecular complexity index is 260. The highest BCUT2D eigenvalue weighted by molar-refractivity contribution is 5.78. The summed E-state index contributed by atoms with van der Waals surface area (Å²) in [6.07, 6.45) is 5.98. The second kappa shape index (κ2) is 7.10. The van der Waals surface area contributed by atoms with Gasteiger partial charge in [0.2, 0.25) is 5.91 Å². The summed E-state index contributed by atoms with van der Waals surface area (Å²) >= 11 is 0. The van der Waals surface area contributed by atoms with Gasteiger partial charge in [0.05, 0.1) is 6.54 Å². The van der Waals surface area contributed by atoms with Crippen LogP contribution in [0.2, 0.25) is 0 Å². The maximum Gasteiger partial charge on any atom is 0.234 e. The molecular formula is C14H27N3O. The standard InChI is InChI=1S/C14H27N3O/c1-2-9-17(10-12-5-7-15-8-6-12)11-14(18)16-13-3-4-13/h12-13,15H,2-11H2,1H3,(H,16,18). The summed E-state index contributed by atoms with van der Waals surface area (Å²) in [5, 5.41) is 6.48. The molecule has 1 aliphatic carbocycles. The Hall–Kier alpha value is -0.610. The van der Waals surface area contributed by atoms with E-state index in [1.165, 1.54) is 25.7 Å². The van der Waals surface area contributed by atoms with Crippen LogP contribution in [0.3, 0.4) is 0 Å². The van der Waals surface area contributed by atoms with E-state index in [0.29, 0.717) is 12.6 Å². The molecule has 1 aliphatic heterocycles. The lowest BCUT2D eigenvalue weighted by molar-refractivity contribution is -0.122. The van der Waals surface area contributed by atoms with Crippen LogP contribution in [0.1, 0.15) is 39.0 Å². The maximum absolute atomic E-state index is 11.9. The second-order valence-electron chi connectivity index (χ2n) is 5.77. The van der Waals surface area contributed by atoms with Gasteiger partial charge in [-0.2, -0.15) is 0 Å². The van der Waals surface area contributed by atoms with Crippen molar-refractivity contribution < 1.29 is 4.79 Å². The van der Waals surface area contributed by atoms with E-state index >= 15 is 0 Å². The first-order chi connectivity index (χ1) is 8.78. The predicted molar refractivity (Wildman–Crippen MR) is 73.5 cm³/mol. The molecule has 0 atom stereocenters. The highest BCUT2D eigenvalue weighted by atomic mass is 16.2. The summed E-state index contributed by atoms with van der Waals surface area (Å²) < 4.78 is 0. The molecule has 2 N–H and O–H groups in total. The van der Waals surface area contributed by atoms with E-state index in [1.807, 2.05) is 0 Å². The summed E-state index contributed by atoms with van der Waals surface area (Å²) in [4.78, 5) is 14.2. The van der Waals surface area contributed by atoms with E-state index in [4.69, 9.17) is 0 Å². The monoisotopic (exact) mass is 253 g/mol. The molecule has 0 spiro atoms. The van der Waals surface area contributed by atoms with Crippen LogP contribution < -0.4 is 10.6 Å². The second-order valence-corrected chi connectivity index (χ2v) is 5.77. The van der Waals surface area contributed by atoms with Crippen LogP contribution in [0, 0.1) is 5.92 Å². The molecular weight excluding hydrogens is 226 g/mol. The van der Waals surface area contributed by atoms with Gasteiger partial charge in [0.15, 0.2) is 0 Å². The molecule has 4 heteroatoms. The Morgan fingerprint density at radius 1 is 1.28 bits per heavy atom. The molecule has 0 aromatic rings. The van der Waals surface area contributed by atoms with Crippen molar-refractivity contribution in [1.82, 2.24) is 15.5 Å². The molecule has 18 heavy (non-hydrogen) atoms. The van der Waals surface area contributed by atoms with Crippen molar-refractivity contribution in [3.05, 3.63) is 0 Å². The van der Waals surface area contributed by atoms with Crippen LogP contribution in [-0.4, -0.2) is 49.6 Å². The van der Waals surface area contributed by atoms with Crippen molar-refractivity contribution in [2.24, 2.45) is 5.92 Å². The number of hydrogen-bond acceptors (Lipinski definition) is 3. The average molecular weight is 253 g/mol. The van der Waals surface area contributed by atoms with Crippen LogP contribution in [0.5, 0.6) is 0 Å². The third-order valence-corrected chi connectivity index (χ3v) is 3.82. The van der Waals surface area contributed by atoms with Crippen LogP contribution in [0.25, 0.3) is 0 Å². The first-order valence-electron chi connectivity index (χ1n) is 7.50. The number of rotatable bonds is 7. The quantitative estimate of drug-likeness (QED) is 0.711. The zero-order valence-electron chi connectivity index (χ0n) is 11.6. The van der Waals surface area contributed by atoms with E-state index in [9.17, 15) is 4.79 Å². The van der Waals surface area contributed by atoms with Gasteiger partial charge in [0.25, 0.3) is 0 Å². The number of nitrogens with zero attached hydrogens (tertiary/aromatic N) is 1. The van der Waals surface area contributed by atoms with Crippen LogP contribution in [0.4, 0.5) is 0 Å². The van der Waals surface area contributed by atoms with Crippen molar-refractivity contribution in [3.63, 3.8) is 0 Å². The van der Waals surface area contributed by atoms with Gasteiger partial charge in [-0.25, -0.2) is 0 Å². The zero-order chi connectivity index (χ0) is 12.8. The first-order valence-corrected chi connectivity index (χ1v) is 7.50. The van der Waals surface area contributed by atoms with E-state index < -0.39 is 0 Å². The smallest absolute Gasteiger partial charge is 0.234 e. The van der Waals surface area contributed by atoms with Crippen LogP contribution in [0.15, 0.2) is 0 Å². The number of hydrogen-bond donors (Lipinski definition) is 2. The lowest BCUT2D eigenvalue weighted by Gasteiger charge is -2.29. The molecule has 1 saturated heterocycles. The van der Waals surface area contributed by atoms with Gasteiger partial charge in [0.1, 0.15) is 0 Å². The summed E-state index contributed by atoms with van der Waals surface area (Å²) in [5.41, 5.74) is 0. The van der Waals surface area contributed by atoms with Gasteiger partial charge in [-0.05, 0) is 57.7 Å². The third-order valence-electron chi connectivity index (χ3n) is 3.82. The minimum atomic E-state index is 0.222. The molecule has 1 amide bonds. The molecule has 4 nitrogen and oxygen atoms in total. The van der Waals surface area contributed by atoms with E-state index in [0.717, 1.165) is 38.5 Å². The fraction of sp³-hybridized carbons (Fsp3) is 0.929. The van der Waals surface area contributed by atoms with E-state index in [1.54, 1.807) is 0 Å². The fourth-order valence-corrected chi connectivity index (χ4v) is 2.68. The number of carbonyl (C=O) groups excluding carboxylic acids is 1. The van der Waals surface area contributed by atoms with Gasteiger partial charge in [0, 0.05) is 12.6 Å². The number of amides is 1. The van der Waals surface area contributed by atoms with E-state index in [-0.39, 0.29) is 5.91 Å². The Morgan fingerprint density at radius 3 is 2.61 bits per heavy atom. The zero-order valence-corrected chi connectivity index (χ0v) is 11.6. The molecule has 0 radical (unpaired) electrons. The molecule has 0 bridgehead atoms. The first kappa shape index (κ1) is 13.8. The fourth-order valence-electron chi connectivity index (χ4n) is 2.68. The molecule has 1 saturated carbocycles. The average Bonchev–Trinajstić information content (AvgIpc) is 3.14. The van der Waals surface area contributed by atoms with Crippen molar-refractivity contribution in [2.75, 3.05) is 32.7 Å². The summed E-state index contributed by atoms with van der Waals surface area (Å²) in [5.74, 6) is 0.992. The van der Waals surface area contributed by atoms with Crippen molar-refractivity contribution in [3.8, 4) is 0 Å². The van der Waals surface area contributed by atoms with Gasteiger partial charge >= 0.3 is 0 Å². The molecule has 104 valence electrons. The van der Waals surface area contributed by atoms with Crippen molar-refractivity contribution in [2.45, 2.75) is 45.1 Å². The highest BCUT2D eigenvalue weighted by Gasteiger charge is 2.24. The molecule has 0 aromatic carbocycles. The predicted octanol–water partition coefficient (Wildman–Crippen LogP) is 0.977. The number of nitrogens with one attached hydrogen (secondary N) is 2. The Morgan fingerprint density at radius 2 is 2.00 bits per heavy atom. The van der Waals surface area contributed by atoms with Gasteiger partial charge in [-0.1, -0.05) is 6.92 Å². The summed E-state index contributed by atoms with van der Waals surface area (Å²) in [6, 6.07) is 0.486. The topological polar surface area (TPSA) is 44.4 Å². The van der Waals surface area contributed by atoms with E-state index in [2.05, 4.69) is 22.5 Å². The van der Waals surface area contributed by atoms with Gasteiger partial charge in [-0.3, -0.25) is 9.69 Å². The lowest BCUT2D eigenvalue weighted by atomic mass is 9.97. The van der Waals surface area contributed by atoms with Crippen LogP contribution in [-0.2, 0) is 4.79 Å². The molecule has 2 rings (SSSR count). The van der Waals surface area contributed by atoms with Crippen molar-refractivity contribution in [1.29, 1.82) is 0 Å². The SMILES string of the molecule is CCCN(CC(=O)NC1CC1)CC1CCNCC1. The molecule has 0 aromatic heterocycles. The minimum Gasteiger partial charge on any atom is -0.352 e.